The summed E-state index contributed by atoms with van der Waals surface area (Å²) in [7, 11) is 1.92. The number of aromatic nitrogens is 1. The molecule has 0 N–H and O–H groups in total. The SMILES string of the molecule is Cc1cccc2cc(C=O)n(C)c12. The van der Waals surface area contributed by atoms with Gasteiger partial charge in [-0.3, -0.25) is 4.79 Å². The van der Waals surface area contributed by atoms with Crippen molar-refractivity contribution in [2.75, 3.05) is 0 Å². The van der Waals surface area contributed by atoms with E-state index >= 15 is 0 Å². The fraction of sp³-hybridized carbons (Fsp3) is 0.182. The Balaban J connectivity index is 2.92. The van der Waals surface area contributed by atoms with E-state index < -0.39 is 0 Å². The Kier molecular flexibility index (Phi) is 1.69. The van der Waals surface area contributed by atoms with Crippen LogP contribution in [0.25, 0.3) is 10.9 Å². The molecule has 13 heavy (non-hydrogen) atoms. The molecule has 1 aromatic carbocycles. The highest BCUT2D eigenvalue weighted by atomic mass is 16.1. The summed E-state index contributed by atoms with van der Waals surface area (Å²) >= 11 is 0. The summed E-state index contributed by atoms with van der Waals surface area (Å²) < 4.78 is 1.93. The van der Waals surface area contributed by atoms with E-state index in [2.05, 4.69) is 13.0 Å². The summed E-state index contributed by atoms with van der Waals surface area (Å²) in [4.78, 5) is 10.7. The van der Waals surface area contributed by atoms with Crippen molar-refractivity contribution in [1.82, 2.24) is 4.57 Å². The minimum atomic E-state index is 0.726. The zero-order chi connectivity index (χ0) is 9.42. The molecular weight excluding hydrogens is 162 g/mol. The topological polar surface area (TPSA) is 22.0 Å². The van der Waals surface area contributed by atoms with Crippen LogP contribution in [0.2, 0.25) is 0 Å². The van der Waals surface area contributed by atoms with Gasteiger partial charge in [-0.2, -0.15) is 0 Å². The lowest BCUT2D eigenvalue weighted by atomic mass is 10.2. The van der Waals surface area contributed by atoms with Gasteiger partial charge >= 0.3 is 0 Å². The minimum absolute atomic E-state index is 0.726. The molecule has 0 spiro atoms. The van der Waals surface area contributed by atoms with Gasteiger partial charge in [0.15, 0.2) is 6.29 Å². The number of aryl methyl sites for hydroxylation is 2. The molecule has 1 heterocycles. The van der Waals surface area contributed by atoms with Gasteiger partial charge in [0.1, 0.15) is 0 Å². The minimum Gasteiger partial charge on any atom is -0.341 e. The van der Waals surface area contributed by atoms with Crippen molar-refractivity contribution in [3.05, 3.63) is 35.5 Å². The second-order valence-electron chi connectivity index (χ2n) is 3.26. The van der Waals surface area contributed by atoms with Gasteiger partial charge in [-0.15, -0.1) is 0 Å². The average molecular weight is 173 g/mol. The van der Waals surface area contributed by atoms with Gasteiger partial charge in [0.2, 0.25) is 0 Å². The average Bonchev–Trinajstić information content (AvgIpc) is 2.44. The lowest BCUT2D eigenvalue weighted by molar-refractivity contribution is 0.111. The van der Waals surface area contributed by atoms with E-state index in [-0.39, 0.29) is 0 Å². The third kappa shape index (κ3) is 1.06. The third-order valence-corrected chi connectivity index (χ3v) is 2.42. The van der Waals surface area contributed by atoms with Crippen LogP contribution in [-0.4, -0.2) is 10.9 Å². The number of para-hydroxylation sites is 1. The Morgan fingerprint density at radius 3 is 2.77 bits per heavy atom. The first-order valence-corrected chi connectivity index (χ1v) is 4.24. The predicted molar refractivity (Wildman–Crippen MR) is 53.0 cm³/mol. The van der Waals surface area contributed by atoms with Crippen LogP contribution in [0.5, 0.6) is 0 Å². The molecule has 0 unspecified atom stereocenters. The van der Waals surface area contributed by atoms with Crippen molar-refractivity contribution >= 4 is 17.2 Å². The fourth-order valence-corrected chi connectivity index (χ4v) is 1.75. The number of carbonyl (C=O) groups is 1. The molecule has 0 aliphatic rings. The maximum Gasteiger partial charge on any atom is 0.166 e. The van der Waals surface area contributed by atoms with Gasteiger partial charge in [-0.25, -0.2) is 0 Å². The van der Waals surface area contributed by atoms with Crippen molar-refractivity contribution < 1.29 is 4.79 Å². The van der Waals surface area contributed by atoms with E-state index in [9.17, 15) is 4.79 Å². The zero-order valence-corrected chi connectivity index (χ0v) is 7.74. The molecule has 0 atom stereocenters. The molecule has 2 rings (SSSR count). The van der Waals surface area contributed by atoms with E-state index in [1.54, 1.807) is 0 Å². The highest BCUT2D eigenvalue weighted by molar-refractivity contribution is 5.90. The predicted octanol–water partition coefficient (Wildman–Crippen LogP) is 2.30. The van der Waals surface area contributed by atoms with Gasteiger partial charge in [0.25, 0.3) is 0 Å². The summed E-state index contributed by atoms with van der Waals surface area (Å²) in [5, 5.41) is 1.13. The van der Waals surface area contributed by atoms with E-state index in [1.165, 1.54) is 5.56 Å². The van der Waals surface area contributed by atoms with Gasteiger partial charge in [-0.05, 0) is 18.6 Å². The van der Waals surface area contributed by atoms with Gasteiger partial charge < -0.3 is 4.57 Å². The second kappa shape index (κ2) is 2.73. The Morgan fingerprint density at radius 1 is 1.38 bits per heavy atom. The first-order valence-electron chi connectivity index (χ1n) is 4.24. The second-order valence-corrected chi connectivity index (χ2v) is 3.26. The Labute approximate surface area is 76.8 Å². The highest BCUT2D eigenvalue weighted by Gasteiger charge is 2.05. The standard InChI is InChI=1S/C11H11NO/c1-8-4-3-5-9-6-10(7-13)12(2)11(8)9/h3-7H,1-2H3. The largest absolute Gasteiger partial charge is 0.341 e. The number of nitrogens with zero attached hydrogens (tertiary/aromatic N) is 1. The van der Waals surface area contributed by atoms with Crippen molar-refractivity contribution in [3.63, 3.8) is 0 Å². The number of hydrogen-bond acceptors (Lipinski definition) is 1. The molecule has 0 aliphatic carbocycles. The van der Waals surface area contributed by atoms with Crippen molar-refractivity contribution in [2.45, 2.75) is 6.92 Å². The molecular formula is C11H11NO. The number of carbonyl (C=O) groups excluding carboxylic acids is 1. The van der Waals surface area contributed by atoms with Crippen LogP contribution in [0.1, 0.15) is 16.1 Å². The summed E-state index contributed by atoms with van der Waals surface area (Å²) in [5.41, 5.74) is 3.07. The van der Waals surface area contributed by atoms with Crippen molar-refractivity contribution in [3.8, 4) is 0 Å². The Hall–Kier alpha value is -1.57. The van der Waals surface area contributed by atoms with E-state index in [1.807, 2.05) is 29.8 Å². The van der Waals surface area contributed by atoms with E-state index in [0.717, 1.165) is 22.9 Å². The monoisotopic (exact) mass is 173 g/mol. The Morgan fingerprint density at radius 2 is 2.15 bits per heavy atom. The van der Waals surface area contributed by atoms with Crippen LogP contribution in [0.3, 0.4) is 0 Å². The molecule has 0 bridgehead atoms. The van der Waals surface area contributed by atoms with Crippen LogP contribution < -0.4 is 0 Å². The number of aldehydes is 1. The lowest BCUT2D eigenvalue weighted by Crippen LogP contribution is -1.94. The van der Waals surface area contributed by atoms with E-state index in [0.29, 0.717) is 0 Å². The zero-order valence-electron chi connectivity index (χ0n) is 7.74. The maximum atomic E-state index is 10.7. The van der Waals surface area contributed by atoms with Gasteiger partial charge in [0, 0.05) is 12.4 Å². The molecule has 0 radical (unpaired) electrons. The lowest BCUT2D eigenvalue weighted by Gasteiger charge is -2.00. The summed E-state index contributed by atoms with van der Waals surface area (Å²) in [6.45, 7) is 2.05. The smallest absolute Gasteiger partial charge is 0.166 e. The molecule has 0 saturated heterocycles. The molecule has 1 aromatic heterocycles. The van der Waals surface area contributed by atoms with Crippen LogP contribution in [0.15, 0.2) is 24.3 Å². The molecule has 2 nitrogen and oxygen atoms in total. The summed E-state index contributed by atoms with van der Waals surface area (Å²) in [6.07, 6.45) is 0.888. The van der Waals surface area contributed by atoms with Crippen LogP contribution in [0, 0.1) is 6.92 Å². The molecule has 0 saturated carbocycles. The third-order valence-electron chi connectivity index (χ3n) is 2.42. The van der Waals surface area contributed by atoms with Crippen LogP contribution in [0.4, 0.5) is 0 Å². The van der Waals surface area contributed by atoms with Crippen LogP contribution >= 0.6 is 0 Å². The summed E-state index contributed by atoms with van der Waals surface area (Å²) in [5.74, 6) is 0. The number of rotatable bonds is 1. The first kappa shape index (κ1) is 8.05. The molecule has 66 valence electrons. The normalized spacial score (nSPS) is 10.6. The van der Waals surface area contributed by atoms with Crippen molar-refractivity contribution in [1.29, 1.82) is 0 Å². The first-order chi connectivity index (χ1) is 6.24. The van der Waals surface area contributed by atoms with Crippen molar-refractivity contribution in [2.24, 2.45) is 7.05 Å². The number of hydrogen-bond donors (Lipinski definition) is 0. The van der Waals surface area contributed by atoms with Gasteiger partial charge in [0.05, 0.1) is 11.2 Å². The van der Waals surface area contributed by atoms with Gasteiger partial charge in [-0.1, -0.05) is 18.2 Å². The maximum absolute atomic E-state index is 10.7. The number of benzene rings is 1. The molecule has 0 amide bonds. The van der Waals surface area contributed by atoms with Crippen LogP contribution in [-0.2, 0) is 7.05 Å². The molecule has 2 heteroatoms. The van der Waals surface area contributed by atoms with E-state index in [4.69, 9.17) is 0 Å². The molecule has 2 aromatic rings. The summed E-state index contributed by atoms with van der Waals surface area (Å²) in [6, 6.07) is 7.99. The number of fused-ring (bicyclic) bond motifs is 1. The quantitative estimate of drug-likeness (QED) is 0.606. The highest BCUT2D eigenvalue weighted by Crippen LogP contribution is 2.20. The Bertz CT molecular complexity index is 468. The fourth-order valence-electron chi connectivity index (χ4n) is 1.75. The molecule has 0 fully saturated rings. The molecule has 0 aliphatic heterocycles.